The zero-order chi connectivity index (χ0) is 9.14. The molecule has 0 aliphatic rings. The van der Waals surface area contributed by atoms with Crippen LogP contribution in [0.15, 0.2) is 24.3 Å². The molecule has 1 rings (SSSR count). The molecule has 1 aromatic carbocycles. The molecule has 13 heavy (non-hydrogen) atoms. The van der Waals surface area contributed by atoms with Gasteiger partial charge in [-0.3, -0.25) is 10.1 Å². The molecule has 0 amide bonds. The maximum absolute atomic E-state index is 10.3. The second-order valence-electron chi connectivity index (χ2n) is 2.11. The summed E-state index contributed by atoms with van der Waals surface area (Å²) in [4.78, 5) is 19.9. The standard InChI is InChI=1S/C7H5NO4.K/c9-7(10)5-1-3-6(4-2-5)8(11)12;/h1-4H,(H,9,10);. The van der Waals surface area contributed by atoms with E-state index < -0.39 is 10.9 Å². The minimum atomic E-state index is -1.09. The Hall–Kier alpha value is -0.274. The normalized spacial score (nSPS) is 8.62. The third kappa shape index (κ3) is 3.53. The molecule has 0 atom stereocenters. The minimum Gasteiger partial charge on any atom is -0.478 e. The van der Waals surface area contributed by atoms with Gasteiger partial charge in [-0.15, -0.1) is 0 Å². The summed E-state index contributed by atoms with van der Waals surface area (Å²) >= 11 is 0. The number of aromatic carboxylic acids is 1. The molecule has 1 N–H and O–H groups in total. The molecule has 0 spiro atoms. The Morgan fingerprint density at radius 1 is 1.31 bits per heavy atom. The van der Waals surface area contributed by atoms with Gasteiger partial charge >= 0.3 is 5.97 Å². The predicted molar refractivity (Wildman–Crippen MR) is 45.8 cm³/mol. The first-order valence-electron chi connectivity index (χ1n) is 3.09. The molecule has 0 fully saturated rings. The van der Waals surface area contributed by atoms with E-state index in [0.29, 0.717) is 0 Å². The van der Waals surface area contributed by atoms with Crippen LogP contribution < -0.4 is 0 Å². The van der Waals surface area contributed by atoms with E-state index in [1.165, 1.54) is 12.1 Å². The number of nitro benzene ring substituents is 1. The van der Waals surface area contributed by atoms with Crippen molar-refractivity contribution in [3.05, 3.63) is 39.9 Å². The van der Waals surface area contributed by atoms with Gasteiger partial charge in [-0.05, 0) is 12.1 Å². The summed E-state index contributed by atoms with van der Waals surface area (Å²) in [7, 11) is 0. The number of carboxylic acids is 1. The molecule has 1 radical (unpaired) electrons. The van der Waals surface area contributed by atoms with Crippen LogP contribution >= 0.6 is 0 Å². The molecular formula is C7H5KNO4. The summed E-state index contributed by atoms with van der Waals surface area (Å²) < 4.78 is 0. The molecule has 0 aliphatic heterocycles. The van der Waals surface area contributed by atoms with Gasteiger partial charge in [0.25, 0.3) is 5.69 Å². The van der Waals surface area contributed by atoms with E-state index in [1.807, 2.05) is 0 Å². The first-order chi connectivity index (χ1) is 5.61. The van der Waals surface area contributed by atoms with Gasteiger partial charge < -0.3 is 5.11 Å². The topological polar surface area (TPSA) is 80.4 Å². The number of hydrogen-bond donors (Lipinski definition) is 1. The van der Waals surface area contributed by atoms with Crippen molar-refractivity contribution in [2.24, 2.45) is 0 Å². The summed E-state index contributed by atoms with van der Waals surface area (Å²) in [6, 6.07) is 4.70. The Kier molecular flexibility index (Phi) is 5.34. The molecule has 0 bridgehead atoms. The molecule has 6 heteroatoms. The molecule has 0 saturated heterocycles. The second kappa shape index (κ2) is 5.46. The maximum atomic E-state index is 10.3. The zero-order valence-electron chi connectivity index (χ0n) is 6.93. The fraction of sp³-hybridized carbons (Fsp3) is 0. The largest absolute Gasteiger partial charge is 0.478 e. The Morgan fingerprint density at radius 3 is 2.08 bits per heavy atom. The van der Waals surface area contributed by atoms with Crippen molar-refractivity contribution in [2.45, 2.75) is 0 Å². The first-order valence-corrected chi connectivity index (χ1v) is 3.09. The van der Waals surface area contributed by atoms with E-state index in [-0.39, 0.29) is 62.6 Å². The van der Waals surface area contributed by atoms with Crippen molar-refractivity contribution >= 4 is 63.0 Å². The number of benzene rings is 1. The average molecular weight is 206 g/mol. The van der Waals surface area contributed by atoms with Gasteiger partial charge in [-0.2, -0.15) is 0 Å². The molecule has 1 aromatic rings. The summed E-state index contributed by atoms with van der Waals surface area (Å²) in [5.41, 5.74) is -0.0689. The second-order valence-corrected chi connectivity index (χ2v) is 2.11. The summed E-state index contributed by atoms with van der Waals surface area (Å²) in [5, 5.41) is 18.6. The van der Waals surface area contributed by atoms with Crippen molar-refractivity contribution in [3.8, 4) is 0 Å². The maximum Gasteiger partial charge on any atom is 0.335 e. The Labute approximate surface area is 116 Å². The summed E-state index contributed by atoms with van der Waals surface area (Å²) in [6.45, 7) is 0. The van der Waals surface area contributed by atoms with E-state index in [9.17, 15) is 14.9 Å². The van der Waals surface area contributed by atoms with Crippen LogP contribution in [0.2, 0.25) is 0 Å². The Morgan fingerprint density at radius 2 is 1.77 bits per heavy atom. The van der Waals surface area contributed by atoms with Crippen molar-refractivity contribution < 1.29 is 14.8 Å². The van der Waals surface area contributed by atoms with Gasteiger partial charge in [0.15, 0.2) is 0 Å². The zero-order valence-corrected chi connectivity index (χ0v) is 10.1. The summed E-state index contributed by atoms with van der Waals surface area (Å²) in [5.74, 6) is -1.09. The average Bonchev–Trinajstić information content (AvgIpc) is 2.04. The third-order valence-electron chi connectivity index (χ3n) is 1.33. The fourth-order valence-corrected chi connectivity index (χ4v) is 0.726. The van der Waals surface area contributed by atoms with Crippen molar-refractivity contribution in [1.82, 2.24) is 0 Å². The van der Waals surface area contributed by atoms with Crippen LogP contribution in [0.25, 0.3) is 0 Å². The van der Waals surface area contributed by atoms with Gasteiger partial charge in [0.1, 0.15) is 0 Å². The number of carbonyl (C=O) groups is 1. The van der Waals surface area contributed by atoms with Gasteiger partial charge in [-0.25, -0.2) is 4.79 Å². The van der Waals surface area contributed by atoms with E-state index in [4.69, 9.17) is 5.11 Å². The molecule has 5 nitrogen and oxygen atoms in total. The molecule has 63 valence electrons. The van der Waals surface area contributed by atoms with E-state index in [0.717, 1.165) is 12.1 Å². The van der Waals surface area contributed by atoms with Gasteiger partial charge in [0, 0.05) is 63.5 Å². The van der Waals surface area contributed by atoms with Gasteiger partial charge in [0.05, 0.1) is 10.5 Å². The summed E-state index contributed by atoms with van der Waals surface area (Å²) in [6.07, 6.45) is 0. The fourth-order valence-electron chi connectivity index (χ4n) is 0.726. The minimum absolute atomic E-state index is 0. The third-order valence-corrected chi connectivity index (χ3v) is 1.33. The number of hydrogen-bond acceptors (Lipinski definition) is 3. The molecular weight excluding hydrogens is 201 g/mol. The van der Waals surface area contributed by atoms with Crippen LogP contribution in [0.5, 0.6) is 0 Å². The molecule has 0 aliphatic carbocycles. The van der Waals surface area contributed by atoms with Crippen LogP contribution in [0.3, 0.4) is 0 Å². The quantitative estimate of drug-likeness (QED) is 0.443. The molecule has 0 heterocycles. The van der Waals surface area contributed by atoms with Crippen molar-refractivity contribution in [2.75, 3.05) is 0 Å². The van der Waals surface area contributed by atoms with E-state index in [2.05, 4.69) is 0 Å². The number of carboxylic acid groups (broad SMARTS) is 1. The van der Waals surface area contributed by atoms with Crippen molar-refractivity contribution in [3.63, 3.8) is 0 Å². The number of rotatable bonds is 2. The predicted octanol–water partition coefficient (Wildman–Crippen LogP) is 0.912. The van der Waals surface area contributed by atoms with E-state index >= 15 is 0 Å². The Balaban J connectivity index is 0.00000144. The van der Waals surface area contributed by atoms with Crippen LogP contribution in [0.4, 0.5) is 5.69 Å². The molecule has 0 aromatic heterocycles. The monoisotopic (exact) mass is 206 g/mol. The molecule has 0 saturated carbocycles. The van der Waals surface area contributed by atoms with E-state index in [1.54, 1.807) is 0 Å². The SMILES string of the molecule is O=C(O)c1ccc([N+](=O)[O-])cc1.[K]. The van der Waals surface area contributed by atoms with Crippen LogP contribution in [0.1, 0.15) is 10.4 Å². The Bertz CT molecular complexity index is 289. The van der Waals surface area contributed by atoms with Gasteiger partial charge in [-0.1, -0.05) is 0 Å². The van der Waals surface area contributed by atoms with Crippen LogP contribution in [-0.4, -0.2) is 67.4 Å². The van der Waals surface area contributed by atoms with Crippen molar-refractivity contribution in [1.29, 1.82) is 0 Å². The van der Waals surface area contributed by atoms with Crippen LogP contribution in [-0.2, 0) is 0 Å². The van der Waals surface area contributed by atoms with Gasteiger partial charge in [0.2, 0.25) is 0 Å². The number of non-ortho nitro benzene ring substituents is 1. The smallest absolute Gasteiger partial charge is 0.335 e. The molecule has 0 unspecified atom stereocenters. The first kappa shape index (κ1) is 12.7. The van der Waals surface area contributed by atoms with Crippen LogP contribution in [0, 0.1) is 10.1 Å². The number of nitro groups is 1. The number of nitrogens with zero attached hydrogens (tertiary/aromatic N) is 1.